The van der Waals surface area contributed by atoms with Crippen LogP contribution in [0.2, 0.25) is 0 Å². The Labute approximate surface area is 186 Å². The molecule has 2 N–H and O–H groups in total. The van der Waals surface area contributed by atoms with Gasteiger partial charge in [-0.3, -0.25) is 4.79 Å². The van der Waals surface area contributed by atoms with Crippen molar-refractivity contribution in [2.75, 3.05) is 19.7 Å². The van der Waals surface area contributed by atoms with E-state index < -0.39 is 0 Å². The molecule has 0 unspecified atom stereocenters. The molecule has 0 aliphatic heterocycles. The summed E-state index contributed by atoms with van der Waals surface area (Å²) in [5.74, 6) is 0.994. The Morgan fingerprint density at radius 1 is 1.03 bits per heavy atom. The predicted molar refractivity (Wildman–Crippen MR) is 127 cm³/mol. The third-order valence-corrected chi connectivity index (χ3v) is 6.23. The fourth-order valence-corrected chi connectivity index (χ4v) is 4.75. The maximum Gasteiger partial charge on any atom is 0.203 e. The van der Waals surface area contributed by atoms with Gasteiger partial charge in [0.05, 0.1) is 11.5 Å². The number of aromatic hydroxyl groups is 1. The molecule has 0 bridgehead atoms. The third-order valence-electron chi connectivity index (χ3n) is 5.08. The summed E-state index contributed by atoms with van der Waals surface area (Å²) in [7, 11) is 0. The van der Waals surface area contributed by atoms with Crippen molar-refractivity contribution in [3.63, 3.8) is 0 Å². The molecule has 0 atom stereocenters. The van der Waals surface area contributed by atoms with Crippen LogP contribution in [0.1, 0.15) is 28.6 Å². The van der Waals surface area contributed by atoms with Gasteiger partial charge in [-0.1, -0.05) is 49.4 Å². The van der Waals surface area contributed by atoms with Crippen molar-refractivity contribution < 1.29 is 14.6 Å². The Hall–Kier alpha value is -3.15. The number of benzene rings is 3. The molecule has 31 heavy (non-hydrogen) atoms. The molecule has 0 spiro atoms. The highest BCUT2D eigenvalue weighted by atomic mass is 32.1. The van der Waals surface area contributed by atoms with Gasteiger partial charge in [-0.15, -0.1) is 11.3 Å². The fraction of sp³-hybridized carbons (Fsp3) is 0.192. The lowest BCUT2D eigenvalue weighted by Crippen LogP contribution is -2.16. The normalized spacial score (nSPS) is 11.0. The second-order valence-electron chi connectivity index (χ2n) is 7.26. The van der Waals surface area contributed by atoms with E-state index in [0.29, 0.717) is 17.0 Å². The minimum absolute atomic E-state index is 0.0139. The van der Waals surface area contributed by atoms with E-state index in [2.05, 4.69) is 12.2 Å². The molecule has 0 radical (unpaired) electrons. The number of ketones is 1. The third kappa shape index (κ3) is 4.79. The van der Waals surface area contributed by atoms with Gasteiger partial charge < -0.3 is 15.2 Å². The highest BCUT2D eigenvalue weighted by Crippen LogP contribution is 2.41. The average molecular weight is 432 g/mol. The minimum Gasteiger partial charge on any atom is -0.508 e. The second kappa shape index (κ2) is 9.77. The molecule has 0 aliphatic rings. The Balaban J connectivity index is 1.67. The fourth-order valence-electron chi connectivity index (χ4n) is 3.53. The van der Waals surface area contributed by atoms with E-state index in [4.69, 9.17) is 4.74 Å². The molecular formula is C26H25NO3S. The highest BCUT2D eigenvalue weighted by molar-refractivity contribution is 7.21. The summed E-state index contributed by atoms with van der Waals surface area (Å²) in [5, 5.41) is 14.2. The number of carbonyl (C=O) groups is 1. The second-order valence-corrected chi connectivity index (χ2v) is 8.31. The topological polar surface area (TPSA) is 58.6 Å². The van der Waals surface area contributed by atoms with Crippen LogP contribution < -0.4 is 10.1 Å². The van der Waals surface area contributed by atoms with Gasteiger partial charge in [0.1, 0.15) is 11.5 Å². The van der Waals surface area contributed by atoms with E-state index in [1.807, 2.05) is 60.7 Å². The SMILES string of the molecule is CCNCCCOc1ccc(-c2c(C(=O)c3ccccc3)sc3cc(O)ccc23)cc1. The first-order chi connectivity index (χ1) is 15.2. The number of rotatable bonds is 9. The first-order valence-electron chi connectivity index (χ1n) is 10.5. The number of carbonyl (C=O) groups excluding carboxylic acids is 1. The van der Waals surface area contributed by atoms with Crippen molar-refractivity contribution >= 4 is 27.2 Å². The van der Waals surface area contributed by atoms with Crippen LogP contribution in [-0.2, 0) is 0 Å². The summed E-state index contributed by atoms with van der Waals surface area (Å²) in [6.45, 7) is 4.65. The average Bonchev–Trinajstić information content (AvgIpc) is 3.18. The molecule has 0 fully saturated rings. The summed E-state index contributed by atoms with van der Waals surface area (Å²) in [6.07, 6.45) is 0.948. The van der Waals surface area contributed by atoms with Crippen molar-refractivity contribution in [1.29, 1.82) is 0 Å². The zero-order chi connectivity index (χ0) is 21.6. The maximum atomic E-state index is 13.3. The monoisotopic (exact) mass is 431 g/mol. The van der Waals surface area contributed by atoms with Crippen molar-refractivity contribution in [2.45, 2.75) is 13.3 Å². The largest absolute Gasteiger partial charge is 0.508 e. The van der Waals surface area contributed by atoms with E-state index in [1.165, 1.54) is 11.3 Å². The molecule has 4 rings (SSSR count). The van der Waals surface area contributed by atoms with Crippen molar-refractivity contribution in [3.8, 4) is 22.6 Å². The maximum absolute atomic E-state index is 13.3. The van der Waals surface area contributed by atoms with Crippen LogP contribution in [0.4, 0.5) is 0 Å². The number of thiophene rings is 1. The molecule has 3 aromatic carbocycles. The van der Waals surface area contributed by atoms with Crippen LogP contribution in [0.25, 0.3) is 21.2 Å². The van der Waals surface area contributed by atoms with Gasteiger partial charge in [-0.2, -0.15) is 0 Å². The minimum atomic E-state index is -0.0139. The Bertz CT molecular complexity index is 1170. The standard InChI is InChI=1S/C26H25NO3S/c1-2-27-15-6-16-30-21-12-9-18(10-13-21)24-22-14-11-20(28)17-23(22)31-26(24)25(29)19-7-4-3-5-8-19/h3-5,7-14,17,27-28H,2,6,15-16H2,1H3. The summed E-state index contributed by atoms with van der Waals surface area (Å²) in [5.41, 5.74) is 2.50. The van der Waals surface area contributed by atoms with Crippen molar-refractivity contribution in [3.05, 3.63) is 83.2 Å². The number of phenolic OH excluding ortho intramolecular Hbond substituents is 1. The first-order valence-corrected chi connectivity index (χ1v) is 11.3. The number of phenols is 1. The molecule has 0 amide bonds. The molecular weight excluding hydrogens is 406 g/mol. The highest BCUT2D eigenvalue weighted by Gasteiger charge is 2.21. The molecule has 158 valence electrons. The number of nitrogens with one attached hydrogen (secondary N) is 1. The zero-order valence-electron chi connectivity index (χ0n) is 17.4. The van der Waals surface area contributed by atoms with Crippen LogP contribution in [0.5, 0.6) is 11.5 Å². The quantitative estimate of drug-likeness (QED) is 0.256. The zero-order valence-corrected chi connectivity index (χ0v) is 18.2. The molecule has 1 aromatic heterocycles. The van der Waals surface area contributed by atoms with E-state index in [9.17, 15) is 9.90 Å². The lowest BCUT2D eigenvalue weighted by Gasteiger charge is -2.09. The lowest BCUT2D eigenvalue weighted by atomic mass is 9.98. The Kier molecular flexibility index (Phi) is 6.65. The number of ether oxygens (including phenoxy) is 1. The van der Waals surface area contributed by atoms with Crippen LogP contribution in [0.15, 0.2) is 72.8 Å². The smallest absolute Gasteiger partial charge is 0.203 e. The van der Waals surface area contributed by atoms with Gasteiger partial charge in [-0.25, -0.2) is 0 Å². The van der Waals surface area contributed by atoms with E-state index >= 15 is 0 Å². The number of hydrogen-bond acceptors (Lipinski definition) is 5. The van der Waals surface area contributed by atoms with Crippen molar-refractivity contribution in [1.82, 2.24) is 5.32 Å². The number of fused-ring (bicyclic) bond motifs is 1. The molecule has 5 heteroatoms. The van der Waals surface area contributed by atoms with Crippen LogP contribution in [-0.4, -0.2) is 30.6 Å². The van der Waals surface area contributed by atoms with E-state index in [-0.39, 0.29) is 11.5 Å². The van der Waals surface area contributed by atoms with E-state index in [0.717, 1.165) is 46.5 Å². The van der Waals surface area contributed by atoms with Gasteiger partial charge >= 0.3 is 0 Å². The summed E-state index contributed by atoms with van der Waals surface area (Å²) in [6, 6.07) is 22.4. The van der Waals surface area contributed by atoms with Crippen LogP contribution in [0.3, 0.4) is 0 Å². The van der Waals surface area contributed by atoms with Crippen LogP contribution in [0, 0.1) is 0 Å². The van der Waals surface area contributed by atoms with Gasteiger partial charge in [0.25, 0.3) is 0 Å². The molecule has 0 aliphatic carbocycles. The molecule has 0 saturated carbocycles. The van der Waals surface area contributed by atoms with E-state index in [1.54, 1.807) is 12.1 Å². The Morgan fingerprint density at radius 3 is 2.55 bits per heavy atom. The summed E-state index contributed by atoms with van der Waals surface area (Å²) >= 11 is 1.41. The van der Waals surface area contributed by atoms with Crippen LogP contribution >= 0.6 is 11.3 Å². The number of hydrogen-bond donors (Lipinski definition) is 2. The summed E-state index contributed by atoms with van der Waals surface area (Å²) < 4.78 is 6.72. The lowest BCUT2D eigenvalue weighted by molar-refractivity contribution is 0.104. The Morgan fingerprint density at radius 2 is 1.81 bits per heavy atom. The summed E-state index contributed by atoms with van der Waals surface area (Å²) in [4.78, 5) is 14.0. The van der Waals surface area contributed by atoms with Gasteiger partial charge in [-0.05, 0) is 55.4 Å². The van der Waals surface area contributed by atoms with Gasteiger partial charge in [0.2, 0.25) is 5.78 Å². The van der Waals surface area contributed by atoms with Gasteiger partial charge in [0.15, 0.2) is 0 Å². The molecule has 0 saturated heterocycles. The molecule has 4 nitrogen and oxygen atoms in total. The predicted octanol–water partition coefficient (Wildman–Crippen LogP) is 5.88. The molecule has 4 aromatic rings. The van der Waals surface area contributed by atoms with Crippen molar-refractivity contribution in [2.24, 2.45) is 0 Å². The first kappa shape index (κ1) is 21.1. The van der Waals surface area contributed by atoms with Gasteiger partial charge in [0, 0.05) is 21.2 Å². The molecule has 1 heterocycles.